The summed E-state index contributed by atoms with van der Waals surface area (Å²) >= 11 is 0. The van der Waals surface area contributed by atoms with E-state index >= 15 is 0 Å². The quantitative estimate of drug-likeness (QED) is 0.913. The van der Waals surface area contributed by atoms with Crippen LogP contribution in [0.25, 0.3) is 0 Å². The van der Waals surface area contributed by atoms with Crippen molar-refractivity contribution in [2.45, 2.75) is 32.7 Å². The highest BCUT2D eigenvalue weighted by Gasteiger charge is 2.29. The molecule has 4 nitrogen and oxygen atoms in total. The molecule has 2 aromatic carbocycles. The van der Waals surface area contributed by atoms with Crippen LogP contribution in [0.15, 0.2) is 42.5 Å². The average molecular weight is 354 g/mol. The summed E-state index contributed by atoms with van der Waals surface area (Å²) in [7, 11) is 0. The van der Waals surface area contributed by atoms with Crippen molar-refractivity contribution in [1.82, 2.24) is 10.2 Å². The summed E-state index contributed by atoms with van der Waals surface area (Å²) in [5.41, 5.74) is 3.51. The van der Waals surface area contributed by atoms with Crippen LogP contribution in [0.1, 0.15) is 45.9 Å². The molecule has 2 amide bonds. The van der Waals surface area contributed by atoms with Gasteiger partial charge in [0.15, 0.2) is 0 Å². The third kappa shape index (κ3) is 4.10. The zero-order valence-electron chi connectivity index (χ0n) is 15.1. The molecule has 0 unspecified atom stereocenters. The number of likely N-dealkylation sites (tertiary alicyclic amines) is 1. The van der Waals surface area contributed by atoms with E-state index in [2.05, 4.69) is 5.32 Å². The number of carbonyl (C=O) groups is 2. The number of benzene rings is 2. The van der Waals surface area contributed by atoms with Gasteiger partial charge in [0.25, 0.3) is 5.91 Å². The van der Waals surface area contributed by atoms with Crippen molar-refractivity contribution in [2.75, 3.05) is 13.1 Å². The SMILES string of the molecule is Cc1cc(C)cc(C(=O)NCC(=O)N2CCC[C@H]2c2ccc(F)cc2)c1. The van der Waals surface area contributed by atoms with Gasteiger partial charge in [0.05, 0.1) is 12.6 Å². The number of nitrogens with one attached hydrogen (secondary N) is 1. The summed E-state index contributed by atoms with van der Waals surface area (Å²) in [6.07, 6.45) is 1.75. The molecule has 26 heavy (non-hydrogen) atoms. The molecule has 1 N–H and O–H groups in total. The number of carbonyl (C=O) groups excluding carboxylic acids is 2. The van der Waals surface area contributed by atoms with Crippen LogP contribution in [0.5, 0.6) is 0 Å². The Morgan fingerprint density at radius 1 is 1.12 bits per heavy atom. The van der Waals surface area contributed by atoms with Crippen molar-refractivity contribution < 1.29 is 14.0 Å². The number of hydrogen-bond acceptors (Lipinski definition) is 2. The molecule has 0 aliphatic carbocycles. The third-order valence-corrected chi connectivity index (χ3v) is 4.71. The summed E-state index contributed by atoms with van der Waals surface area (Å²) in [4.78, 5) is 26.7. The van der Waals surface area contributed by atoms with Gasteiger partial charge in [-0.15, -0.1) is 0 Å². The van der Waals surface area contributed by atoms with E-state index in [0.717, 1.165) is 29.5 Å². The fourth-order valence-electron chi connectivity index (χ4n) is 3.56. The minimum atomic E-state index is -0.287. The number of halogens is 1. The smallest absolute Gasteiger partial charge is 0.251 e. The van der Waals surface area contributed by atoms with Crippen molar-refractivity contribution in [3.05, 3.63) is 70.5 Å². The van der Waals surface area contributed by atoms with E-state index in [-0.39, 0.29) is 30.2 Å². The highest BCUT2D eigenvalue weighted by atomic mass is 19.1. The first kappa shape index (κ1) is 18.1. The van der Waals surface area contributed by atoms with E-state index in [1.807, 2.05) is 32.0 Å². The first-order valence-electron chi connectivity index (χ1n) is 8.85. The maximum atomic E-state index is 13.1. The molecule has 1 atom stereocenters. The third-order valence-electron chi connectivity index (χ3n) is 4.71. The fraction of sp³-hybridized carbons (Fsp3) is 0.333. The first-order valence-corrected chi connectivity index (χ1v) is 8.85. The zero-order chi connectivity index (χ0) is 18.7. The maximum absolute atomic E-state index is 13.1. The Bertz CT molecular complexity index is 797. The van der Waals surface area contributed by atoms with Crippen LogP contribution in [-0.4, -0.2) is 29.8 Å². The van der Waals surface area contributed by atoms with E-state index in [4.69, 9.17) is 0 Å². The van der Waals surface area contributed by atoms with Gasteiger partial charge < -0.3 is 10.2 Å². The second-order valence-electron chi connectivity index (χ2n) is 6.86. The number of amides is 2. The van der Waals surface area contributed by atoms with Gasteiger partial charge in [-0.3, -0.25) is 9.59 Å². The number of aryl methyl sites for hydroxylation is 2. The van der Waals surface area contributed by atoms with E-state index in [1.165, 1.54) is 12.1 Å². The molecule has 3 rings (SSSR count). The van der Waals surface area contributed by atoms with Crippen LogP contribution in [-0.2, 0) is 4.79 Å². The molecule has 0 bridgehead atoms. The Kier molecular flexibility index (Phi) is 5.35. The van der Waals surface area contributed by atoms with Crippen LogP contribution in [0.2, 0.25) is 0 Å². The molecule has 0 saturated carbocycles. The minimum Gasteiger partial charge on any atom is -0.343 e. The molecule has 1 fully saturated rings. The molecule has 2 aromatic rings. The lowest BCUT2D eigenvalue weighted by atomic mass is 10.0. The Hall–Kier alpha value is -2.69. The minimum absolute atomic E-state index is 0.0382. The van der Waals surface area contributed by atoms with Gasteiger partial charge in [0.1, 0.15) is 5.82 Å². The highest BCUT2D eigenvalue weighted by Crippen LogP contribution is 2.31. The average Bonchev–Trinajstić information content (AvgIpc) is 3.09. The van der Waals surface area contributed by atoms with Gasteiger partial charge >= 0.3 is 0 Å². The van der Waals surface area contributed by atoms with Crippen molar-refractivity contribution in [2.24, 2.45) is 0 Å². The second kappa shape index (κ2) is 7.68. The standard InChI is InChI=1S/C21H23FN2O2/c1-14-10-15(2)12-17(11-14)21(26)23-13-20(25)24-9-3-4-19(24)16-5-7-18(22)8-6-16/h5-8,10-12,19H,3-4,9,13H2,1-2H3,(H,23,26)/t19-/m0/s1. The maximum Gasteiger partial charge on any atom is 0.251 e. The van der Waals surface area contributed by atoms with Gasteiger partial charge in [-0.1, -0.05) is 29.3 Å². The van der Waals surface area contributed by atoms with Gasteiger partial charge in [-0.25, -0.2) is 4.39 Å². The molecule has 5 heteroatoms. The fourth-order valence-corrected chi connectivity index (χ4v) is 3.56. The van der Waals surface area contributed by atoms with Crippen LogP contribution >= 0.6 is 0 Å². The lowest BCUT2D eigenvalue weighted by molar-refractivity contribution is -0.131. The molecule has 0 spiro atoms. The van der Waals surface area contributed by atoms with Crippen molar-refractivity contribution in [3.8, 4) is 0 Å². The van der Waals surface area contributed by atoms with Gasteiger partial charge in [0, 0.05) is 12.1 Å². The Balaban J connectivity index is 1.63. The van der Waals surface area contributed by atoms with Crippen molar-refractivity contribution >= 4 is 11.8 Å². The summed E-state index contributed by atoms with van der Waals surface area (Å²) < 4.78 is 13.1. The van der Waals surface area contributed by atoms with Gasteiger partial charge in [-0.05, 0) is 56.5 Å². The number of rotatable bonds is 4. The molecular weight excluding hydrogens is 331 g/mol. The Morgan fingerprint density at radius 3 is 2.42 bits per heavy atom. The molecule has 1 aliphatic rings. The Labute approximate surface area is 153 Å². The Morgan fingerprint density at radius 2 is 1.77 bits per heavy atom. The molecule has 0 radical (unpaired) electrons. The van der Waals surface area contributed by atoms with Crippen LogP contribution < -0.4 is 5.32 Å². The van der Waals surface area contributed by atoms with Crippen molar-refractivity contribution in [3.63, 3.8) is 0 Å². The predicted molar refractivity (Wildman–Crippen MR) is 98.3 cm³/mol. The predicted octanol–water partition coefficient (Wildman–Crippen LogP) is 3.54. The molecule has 1 aliphatic heterocycles. The summed E-state index contributed by atoms with van der Waals surface area (Å²) in [5.74, 6) is -0.650. The summed E-state index contributed by atoms with van der Waals surface area (Å²) in [5, 5.41) is 2.72. The summed E-state index contributed by atoms with van der Waals surface area (Å²) in [6, 6.07) is 11.8. The van der Waals surface area contributed by atoms with Crippen LogP contribution in [0.3, 0.4) is 0 Å². The molecule has 136 valence electrons. The van der Waals surface area contributed by atoms with Crippen molar-refractivity contribution in [1.29, 1.82) is 0 Å². The van der Waals surface area contributed by atoms with E-state index in [9.17, 15) is 14.0 Å². The normalized spacial score (nSPS) is 16.6. The largest absolute Gasteiger partial charge is 0.343 e. The van der Waals surface area contributed by atoms with Crippen LogP contribution in [0, 0.1) is 19.7 Å². The monoisotopic (exact) mass is 354 g/mol. The topological polar surface area (TPSA) is 49.4 Å². The van der Waals surface area contributed by atoms with E-state index in [0.29, 0.717) is 12.1 Å². The second-order valence-corrected chi connectivity index (χ2v) is 6.86. The molecular formula is C21H23FN2O2. The lowest BCUT2D eigenvalue weighted by Gasteiger charge is -2.25. The van der Waals surface area contributed by atoms with E-state index < -0.39 is 0 Å². The van der Waals surface area contributed by atoms with Crippen LogP contribution in [0.4, 0.5) is 4.39 Å². The highest BCUT2D eigenvalue weighted by molar-refractivity contribution is 5.96. The lowest BCUT2D eigenvalue weighted by Crippen LogP contribution is -2.39. The van der Waals surface area contributed by atoms with Gasteiger partial charge in [-0.2, -0.15) is 0 Å². The molecule has 1 heterocycles. The van der Waals surface area contributed by atoms with Gasteiger partial charge in [0.2, 0.25) is 5.91 Å². The zero-order valence-corrected chi connectivity index (χ0v) is 15.1. The molecule has 0 aromatic heterocycles. The molecule has 1 saturated heterocycles. The first-order chi connectivity index (χ1) is 12.4. The number of hydrogen-bond donors (Lipinski definition) is 1. The van der Waals surface area contributed by atoms with E-state index in [1.54, 1.807) is 17.0 Å². The summed E-state index contributed by atoms with van der Waals surface area (Å²) in [6.45, 7) is 4.49. The number of nitrogens with zero attached hydrogens (tertiary/aromatic N) is 1.